The van der Waals surface area contributed by atoms with Gasteiger partial charge in [0.2, 0.25) is 0 Å². The van der Waals surface area contributed by atoms with Crippen molar-refractivity contribution in [1.29, 1.82) is 0 Å². The van der Waals surface area contributed by atoms with Gasteiger partial charge in [-0.25, -0.2) is 4.98 Å². The number of halogens is 1. The number of carbonyl (C=O) groups is 1. The Morgan fingerprint density at radius 3 is 2.47 bits per heavy atom. The minimum absolute atomic E-state index is 0.0610. The summed E-state index contributed by atoms with van der Waals surface area (Å²) >= 11 is 6.45. The molecule has 0 bridgehead atoms. The van der Waals surface area contributed by atoms with E-state index in [9.17, 15) is 4.79 Å². The van der Waals surface area contributed by atoms with Crippen LogP contribution in [0.5, 0.6) is 5.75 Å². The molecule has 0 saturated heterocycles. The summed E-state index contributed by atoms with van der Waals surface area (Å²) in [6, 6.07) is 23.1. The zero-order chi connectivity index (χ0) is 22.7. The molecule has 0 aliphatic heterocycles. The van der Waals surface area contributed by atoms with Crippen molar-refractivity contribution in [2.24, 2.45) is 0 Å². The summed E-state index contributed by atoms with van der Waals surface area (Å²) in [5.41, 5.74) is 3.23. The molecular weight excluding hydrogens is 422 g/mol. The lowest BCUT2D eigenvalue weighted by molar-refractivity contribution is 0.0943. The number of hydrogen-bond donors (Lipinski definition) is 1. The highest BCUT2D eigenvalue weighted by Gasteiger charge is 2.20. The standard InChI is InChI=1S/C26H26ClN3O2/c1-17(2)28-26(31)19-13-14-24-23(15-19)29-25(18(3)32-21-10-5-4-6-11-21)30(24)16-20-9-7-8-12-22(20)27/h4-15,17-18H,16H2,1-3H3,(H,28,31). The average molecular weight is 448 g/mol. The molecule has 1 heterocycles. The lowest BCUT2D eigenvalue weighted by atomic mass is 10.1. The number of fused-ring (bicyclic) bond motifs is 1. The molecule has 5 nitrogen and oxygen atoms in total. The van der Waals surface area contributed by atoms with Crippen LogP contribution in [0.3, 0.4) is 0 Å². The van der Waals surface area contributed by atoms with Crippen LogP contribution in [0.4, 0.5) is 0 Å². The van der Waals surface area contributed by atoms with E-state index in [1.165, 1.54) is 0 Å². The molecule has 0 radical (unpaired) electrons. The molecular formula is C26H26ClN3O2. The largest absolute Gasteiger partial charge is 0.483 e. The third-order valence-electron chi connectivity index (χ3n) is 5.17. The SMILES string of the molecule is CC(C)NC(=O)c1ccc2c(c1)nc(C(C)Oc1ccccc1)n2Cc1ccccc1Cl. The summed E-state index contributed by atoms with van der Waals surface area (Å²) in [4.78, 5) is 17.4. The topological polar surface area (TPSA) is 56.1 Å². The van der Waals surface area contributed by atoms with Gasteiger partial charge in [-0.1, -0.05) is 48.0 Å². The van der Waals surface area contributed by atoms with Gasteiger partial charge in [0.15, 0.2) is 11.9 Å². The predicted octanol–water partition coefficient (Wildman–Crippen LogP) is 6.02. The first-order chi connectivity index (χ1) is 15.4. The number of amides is 1. The van der Waals surface area contributed by atoms with E-state index in [0.717, 1.165) is 28.2 Å². The molecule has 0 saturated carbocycles. The van der Waals surface area contributed by atoms with Crippen molar-refractivity contribution in [3.63, 3.8) is 0 Å². The average Bonchev–Trinajstić information content (AvgIpc) is 3.13. The Kier molecular flexibility index (Phi) is 6.47. The van der Waals surface area contributed by atoms with E-state index < -0.39 is 0 Å². The Labute approximate surface area is 193 Å². The summed E-state index contributed by atoms with van der Waals surface area (Å²) in [5.74, 6) is 1.43. The van der Waals surface area contributed by atoms with Crippen LogP contribution in [0.2, 0.25) is 5.02 Å². The molecule has 1 N–H and O–H groups in total. The van der Waals surface area contributed by atoms with Gasteiger partial charge in [0, 0.05) is 16.6 Å². The van der Waals surface area contributed by atoms with E-state index in [2.05, 4.69) is 9.88 Å². The van der Waals surface area contributed by atoms with E-state index in [4.69, 9.17) is 21.3 Å². The fourth-order valence-corrected chi connectivity index (χ4v) is 3.86. The lowest BCUT2D eigenvalue weighted by Crippen LogP contribution is -2.29. The Morgan fingerprint density at radius 1 is 1.03 bits per heavy atom. The number of carbonyl (C=O) groups excluding carboxylic acids is 1. The maximum absolute atomic E-state index is 12.5. The van der Waals surface area contributed by atoms with Crippen LogP contribution in [-0.2, 0) is 6.54 Å². The first-order valence-corrected chi connectivity index (χ1v) is 11.1. The molecule has 1 aromatic heterocycles. The van der Waals surface area contributed by atoms with E-state index in [1.807, 2.05) is 93.6 Å². The van der Waals surface area contributed by atoms with Gasteiger partial charge in [-0.2, -0.15) is 0 Å². The fraction of sp³-hybridized carbons (Fsp3) is 0.231. The maximum atomic E-state index is 12.5. The van der Waals surface area contributed by atoms with Crippen LogP contribution in [0.1, 0.15) is 48.6 Å². The van der Waals surface area contributed by atoms with E-state index >= 15 is 0 Å². The molecule has 1 unspecified atom stereocenters. The summed E-state index contributed by atoms with van der Waals surface area (Å²) in [7, 11) is 0. The highest BCUT2D eigenvalue weighted by molar-refractivity contribution is 6.31. The second-order valence-corrected chi connectivity index (χ2v) is 8.46. The number of nitrogens with zero attached hydrogens (tertiary/aromatic N) is 2. The van der Waals surface area contributed by atoms with Gasteiger partial charge in [0.1, 0.15) is 5.75 Å². The lowest BCUT2D eigenvalue weighted by Gasteiger charge is -2.17. The Bertz CT molecular complexity index is 1230. The highest BCUT2D eigenvalue weighted by atomic mass is 35.5. The van der Waals surface area contributed by atoms with Gasteiger partial charge in [-0.15, -0.1) is 0 Å². The number of ether oxygens (including phenoxy) is 1. The van der Waals surface area contributed by atoms with Crippen molar-refractivity contribution >= 4 is 28.5 Å². The third-order valence-corrected chi connectivity index (χ3v) is 5.53. The van der Waals surface area contributed by atoms with Crippen LogP contribution in [0.15, 0.2) is 72.8 Å². The van der Waals surface area contributed by atoms with E-state index in [-0.39, 0.29) is 18.1 Å². The summed E-state index contributed by atoms with van der Waals surface area (Å²) in [5, 5.41) is 3.63. The molecule has 0 fully saturated rings. The molecule has 32 heavy (non-hydrogen) atoms. The molecule has 1 atom stereocenters. The van der Waals surface area contributed by atoms with E-state index in [0.29, 0.717) is 17.1 Å². The molecule has 4 rings (SSSR count). The first-order valence-electron chi connectivity index (χ1n) is 10.7. The van der Waals surface area contributed by atoms with Crippen LogP contribution in [0.25, 0.3) is 11.0 Å². The fourth-order valence-electron chi connectivity index (χ4n) is 3.66. The quantitative estimate of drug-likeness (QED) is 0.377. The van der Waals surface area contributed by atoms with Gasteiger partial charge in [0.05, 0.1) is 17.6 Å². The van der Waals surface area contributed by atoms with Gasteiger partial charge < -0.3 is 14.6 Å². The first kappa shape index (κ1) is 21.9. The predicted molar refractivity (Wildman–Crippen MR) is 128 cm³/mol. The van der Waals surface area contributed by atoms with Crippen molar-refractivity contribution in [3.8, 4) is 5.75 Å². The van der Waals surface area contributed by atoms with Gasteiger partial charge in [-0.05, 0) is 62.7 Å². The minimum atomic E-state index is -0.305. The Balaban J connectivity index is 1.76. The third kappa shape index (κ3) is 4.78. The Morgan fingerprint density at radius 2 is 1.75 bits per heavy atom. The Hall–Kier alpha value is -3.31. The smallest absolute Gasteiger partial charge is 0.251 e. The number of nitrogens with one attached hydrogen (secondary N) is 1. The number of imidazole rings is 1. The maximum Gasteiger partial charge on any atom is 0.251 e. The molecule has 0 aliphatic rings. The highest BCUT2D eigenvalue weighted by Crippen LogP contribution is 2.28. The molecule has 6 heteroatoms. The minimum Gasteiger partial charge on any atom is -0.483 e. The molecule has 164 valence electrons. The molecule has 1 amide bonds. The summed E-state index contributed by atoms with van der Waals surface area (Å²) < 4.78 is 8.28. The monoisotopic (exact) mass is 447 g/mol. The zero-order valence-electron chi connectivity index (χ0n) is 18.4. The number of hydrogen-bond acceptors (Lipinski definition) is 3. The normalized spacial score (nSPS) is 12.2. The second-order valence-electron chi connectivity index (χ2n) is 8.05. The number of benzene rings is 3. The van der Waals surface area contributed by atoms with Crippen molar-refractivity contribution in [2.45, 2.75) is 39.5 Å². The summed E-state index contributed by atoms with van der Waals surface area (Å²) in [6.45, 7) is 6.40. The van der Waals surface area contributed by atoms with Crippen LogP contribution < -0.4 is 10.1 Å². The van der Waals surface area contributed by atoms with Crippen molar-refractivity contribution < 1.29 is 9.53 Å². The molecule has 0 aliphatic carbocycles. The van der Waals surface area contributed by atoms with Crippen LogP contribution in [0, 0.1) is 0 Å². The van der Waals surface area contributed by atoms with Gasteiger partial charge in [-0.3, -0.25) is 4.79 Å². The zero-order valence-corrected chi connectivity index (χ0v) is 19.1. The van der Waals surface area contributed by atoms with Crippen LogP contribution in [-0.4, -0.2) is 21.5 Å². The van der Waals surface area contributed by atoms with Gasteiger partial charge in [0.25, 0.3) is 5.91 Å². The van der Waals surface area contributed by atoms with Crippen molar-refractivity contribution in [3.05, 3.63) is 94.8 Å². The molecule has 4 aromatic rings. The molecule has 3 aromatic carbocycles. The van der Waals surface area contributed by atoms with Crippen molar-refractivity contribution in [1.82, 2.24) is 14.9 Å². The van der Waals surface area contributed by atoms with E-state index in [1.54, 1.807) is 0 Å². The van der Waals surface area contributed by atoms with Gasteiger partial charge >= 0.3 is 0 Å². The van der Waals surface area contributed by atoms with Crippen LogP contribution >= 0.6 is 11.6 Å². The second kappa shape index (κ2) is 9.45. The summed E-state index contributed by atoms with van der Waals surface area (Å²) in [6.07, 6.45) is -0.305. The number of para-hydroxylation sites is 1. The number of aromatic nitrogens is 2. The number of rotatable bonds is 7. The van der Waals surface area contributed by atoms with Crippen molar-refractivity contribution in [2.75, 3.05) is 0 Å². The molecule has 0 spiro atoms.